The molecule has 0 saturated carbocycles. The van der Waals surface area contributed by atoms with E-state index < -0.39 is 11.9 Å². The summed E-state index contributed by atoms with van der Waals surface area (Å²) in [6, 6.07) is 2.49. The Morgan fingerprint density at radius 3 is 2.32 bits per heavy atom. The van der Waals surface area contributed by atoms with Crippen LogP contribution in [0.5, 0.6) is 11.5 Å². The molecule has 0 atom stereocenters. The van der Waals surface area contributed by atoms with Crippen LogP contribution in [0, 0.1) is 0 Å². The van der Waals surface area contributed by atoms with Crippen molar-refractivity contribution in [3.63, 3.8) is 0 Å². The summed E-state index contributed by atoms with van der Waals surface area (Å²) in [5.41, 5.74) is 0.548. The molecule has 0 fully saturated rings. The smallest absolute Gasteiger partial charge is 0.327 e. The molecule has 0 spiro atoms. The summed E-state index contributed by atoms with van der Waals surface area (Å²) in [6.45, 7) is 7.36. The molecule has 0 aliphatic heterocycles. The third-order valence-electron chi connectivity index (χ3n) is 5.06. The van der Waals surface area contributed by atoms with Gasteiger partial charge in [0, 0.05) is 25.2 Å². The number of anilines is 5. The number of nitrogens with one attached hydrogen (secondary N) is 3. The maximum Gasteiger partial charge on any atom is 0.327 e. The highest BCUT2D eigenvalue weighted by molar-refractivity contribution is 6.41. The van der Waals surface area contributed by atoms with Crippen LogP contribution in [0.15, 0.2) is 37.3 Å². The average Bonchev–Trinajstić information content (AvgIpc) is 3.28. The van der Waals surface area contributed by atoms with E-state index >= 15 is 0 Å². The third kappa shape index (κ3) is 6.22. The molecule has 3 rings (SSSR count). The quantitative estimate of drug-likeness (QED) is 0.313. The lowest BCUT2D eigenvalue weighted by Crippen LogP contribution is -2.32. The zero-order valence-corrected chi connectivity index (χ0v) is 22.3. The minimum atomic E-state index is -0.591. The Morgan fingerprint density at radius 1 is 1.11 bits per heavy atom. The lowest BCUT2D eigenvalue weighted by atomic mass is 10.2. The molecule has 0 aliphatic carbocycles. The van der Waals surface area contributed by atoms with Crippen LogP contribution in [0.25, 0.3) is 0 Å². The summed E-state index contributed by atoms with van der Waals surface area (Å²) in [5.74, 6) is 1.08. The standard InChI is InChI=1S/C23H26Cl2N8O4/c1-7-18(34)28-13-10-33(12(2)3)31-22(13)29-16-9-17(27-11-26-16)32(4)23(35)30-21-19(24)14(36-5)8-15(37-6)20(21)25/h7-12H,1H2,2-6H3,(H,28,34)(H,30,35)(H,26,27,29,31). The Bertz CT molecular complexity index is 1300. The van der Waals surface area contributed by atoms with Gasteiger partial charge in [-0.05, 0) is 19.9 Å². The molecule has 196 valence electrons. The van der Waals surface area contributed by atoms with Gasteiger partial charge in [0.15, 0.2) is 5.82 Å². The van der Waals surface area contributed by atoms with Crippen molar-refractivity contribution < 1.29 is 19.1 Å². The van der Waals surface area contributed by atoms with Crippen LogP contribution < -0.4 is 30.3 Å². The molecular formula is C23H26Cl2N8O4. The van der Waals surface area contributed by atoms with Gasteiger partial charge in [0.1, 0.15) is 45.2 Å². The summed E-state index contributed by atoms with van der Waals surface area (Å²) in [4.78, 5) is 34.5. The van der Waals surface area contributed by atoms with E-state index in [1.807, 2.05) is 13.8 Å². The molecular weight excluding hydrogens is 523 g/mol. The van der Waals surface area contributed by atoms with Gasteiger partial charge in [-0.1, -0.05) is 29.8 Å². The van der Waals surface area contributed by atoms with Gasteiger partial charge in [-0.2, -0.15) is 5.10 Å². The number of methoxy groups -OCH3 is 2. The summed E-state index contributed by atoms with van der Waals surface area (Å²) >= 11 is 12.7. The Kier molecular flexibility index (Phi) is 8.79. The second-order valence-electron chi connectivity index (χ2n) is 7.82. The van der Waals surface area contributed by atoms with Crippen LogP contribution in [0.2, 0.25) is 10.0 Å². The topological polar surface area (TPSA) is 136 Å². The average molecular weight is 549 g/mol. The minimum Gasteiger partial charge on any atom is -0.495 e. The number of hydrogen-bond donors (Lipinski definition) is 3. The van der Waals surface area contributed by atoms with Gasteiger partial charge < -0.3 is 25.4 Å². The lowest BCUT2D eigenvalue weighted by molar-refractivity contribution is -0.111. The molecule has 37 heavy (non-hydrogen) atoms. The van der Waals surface area contributed by atoms with E-state index in [-0.39, 0.29) is 39.1 Å². The lowest BCUT2D eigenvalue weighted by Gasteiger charge is -2.20. The van der Waals surface area contributed by atoms with Crippen LogP contribution in [-0.2, 0) is 4.79 Å². The van der Waals surface area contributed by atoms with E-state index in [2.05, 4.69) is 37.6 Å². The first-order valence-corrected chi connectivity index (χ1v) is 11.6. The molecule has 3 N–H and O–H groups in total. The van der Waals surface area contributed by atoms with Crippen molar-refractivity contribution in [1.29, 1.82) is 0 Å². The Balaban J connectivity index is 1.85. The van der Waals surface area contributed by atoms with Crippen LogP contribution in [0.1, 0.15) is 19.9 Å². The number of rotatable bonds is 9. The first-order chi connectivity index (χ1) is 17.6. The molecule has 0 aliphatic rings. The number of urea groups is 1. The normalized spacial score (nSPS) is 10.6. The third-order valence-corrected chi connectivity index (χ3v) is 5.81. The molecule has 14 heteroatoms. The van der Waals surface area contributed by atoms with Gasteiger partial charge in [0.2, 0.25) is 5.91 Å². The van der Waals surface area contributed by atoms with Crippen LogP contribution in [0.4, 0.5) is 33.6 Å². The first kappa shape index (κ1) is 27.6. The van der Waals surface area contributed by atoms with Gasteiger partial charge in [-0.15, -0.1) is 0 Å². The molecule has 0 bridgehead atoms. The second kappa shape index (κ2) is 11.8. The van der Waals surface area contributed by atoms with E-state index in [0.29, 0.717) is 17.3 Å². The molecule has 3 amide bonds. The summed E-state index contributed by atoms with van der Waals surface area (Å²) in [5, 5.41) is 13.1. The summed E-state index contributed by atoms with van der Waals surface area (Å²) in [7, 11) is 4.37. The van der Waals surface area contributed by atoms with E-state index in [1.54, 1.807) is 10.9 Å². The van der Waals surface area contributed by atoms with Crippen LogP contribution in [-0.4, -0.2) is 53.0 Å². The molecule has 0 unspecified atom stereocenters. The molecule has 1 aromatic carbocycles. The Hall–Kier alpha value is -4.03. The highest BCUT2D eigenvalue weighted by Gasteiger charge is 2.22. The fourth-order valence-electron chi connectivity index (χ4n) is 3.03. The number of halogens is 2. The number of hydrogen-bond acceptors (Lipinski definition) is 8. The van der Waals surface area contributed by atoms with E-state index in [4.69, 9.17) is 32.7 Å². The van der Waals surface area contributed by atoms with Gasteiger partial charge in [-0.25, -0.2) is 14.8 Å². The number of carbonyl (C=O) groups is 2. The molecule has 12 nitrogen and oxygen atoms in total. The predicted octanol–water partition coefficient (Wildman–Crippen LogP) is 5.11. The number of aromatic nitrogens is 4. The Labute approximate surface area is 223 Å². The maximum absolute atomic E-state index is 13.0. The van der Waals surface area contributed by atoms with Crippen LogP contribution >= 0.6 is 23.2 Å². The van der Waals surface area contributed by atoms with Crippen molar-refractivity contribution >= 4 is 64.0 Å². The van der Waals surface area contributed by atoms with E-state index in [0.717, 1.165) is 6.08 Å². The SMILES string of the molecule is C=CC(=O)Nc1cn(C(C)C)nc1Nc1cc(N(C)C(=O)Nc2c(Cl)c(OC)cc(OC)c2Cl)ncn1. The number of amides is 3. The fraction of sp³-hybridized carbons (Fsp3) is 0.261. The van der Waals surface area contributed by atoms with Crippen LogP contribution in [0.3, 0.4) is 0 Å². The Morgan fingerprint density at radius 2 is 1.76 bits per heavy atom. The summed E-state index contributed by atoms with van der Waals surface area (Å²) in [6.07, 6.45) is 4.12. The number of carbonyl (C=O) groups excluding carboxylic acids is 2. The van der Waals surface area contributed by atoms with Crippen molar-refractivity contribution in [1.82, 2.24) is 19.7 Å². The zero-order chi connectivity index (χ0) is 27.3. The van der Waals surface area contributed by atoms with E-state index in [9.17, 15) is 9.59 Å². The van der Waals surface area contributed by atoms with Crippen molar-refractivity contribution in [3.8, 4) is 11.5 Å². The number of nitrogens with zero attached hydrogens (tertiary/aromatic N) is 5. The minimum absolute atomic E-state index is 0.0413. The summed E-state index contributed by atoms with van der Waals surface area (Å²) < 4.78 is 12.2. The fourth-order valence-corrected chi connectivity index (χ4v) is 3.63. The molecule has 0 radical (unpaired) electrons. The molecule has 2 heterocycles. The van der Waals surface area contributed by atoms with Crippen molar-refractivity contribution in [2.24, 2.45) is 0 Å². The number of benzene rings is 1. The van der Waals surface area contributed by atoms with Gasteiger partial charge in [0.05, 0.1) is 26.1 Å². The second-order valence-corrected chi connectivity index (χ2v) is 8.57. The van der Waals surface area contributed by atoms with Gasteiger partial charge >= 0.3 is 6.03 Å². The van der Waals surface area contributed by atoms with Gasteiger partial charge in [-0.3, -0.25) is 14.4 Å². The van der Waals surface area contributed by atoms with Crippen molar-refractivity contribution in [2.45, 2.75) is 19.9 Å². The van der Waals surface area contributed by atoms with Crippen molar-refractivity contribution in [3.05, 3.63) is 47.4 Å². The van der Waals surface area contributed by atoms with Crippen molar-refractivity contribution in [2.75, 3.05) is 42.1 Å². The largest absolute Gasteiger partial charge is 0.495 e. The monoisotopic (exact) mass is 548 g/mol. The molecule has 0 saturated heterocycles. The maximum atomic E-state index is 13.0. The zero-order valence-electron chi connectivity index (χ0n) is 20.8. The highest BCUT2D eigenvalue weighted by Crippen LogP contribution is 2.44. The molecule has 3 aromatic rings. The highest BCUT2D eigenvalue weighted by atomic mass is 35.5. The number of ether oxygens (including phenoxy) is 2. The first-order valence-electron chi connectivity index (χ1n) is 10.9. The van der Waals surface area contributed by atoms with Gasteiger partial charge in [0.25, 0.3) is 0 Å². The van der Waals surface area contributed by atoms with E-state index in [1.165, 1.54) is 44.6 Å². The predicted molar refractivity (Wildman–Crippen MR) is 144 cm³/mol. The molecule has 2 aromatic heterocycles.